The van der Waals surface area contributed by atoms with E-state index in [1.54, 1.807) is 12.1 Å². The second-order valence-electron chi connectivity index (χ2n) is 7.39. The smallest absolute Gasteiger partial charge is 0.243 e. The first-order chi connectivity index (χ1) is 14.4. The molecule has 162 valence electrons. The highest BCUT2D eigenvalue weighted by Gasteiger charge is 2.35. The monoisotopic (exact) mass is 433 g/mol. The van der Waals surface area contributed by atoms with Crippen molar-refractivity contribution in [2.24, 2.45) is 10.7 Å². The number of fused-ring (bicyclic) bond motifs is 1. The number of nitrogens with two attached hydrogens (primary N) is 1. The number of anilines is 1. The minimum Gasteiger partial charge on any atom is -0.495 e. The van der Waals surface area contributed by atoms with Crippen LogP contribution >= 0.6 is 0 Å². The molecular formula is C20H27N5O4S. The standard InChI is InChI=1S/C20H27N5O4S/c1-3-20(21)13-18(24-19-15(20)6-7-22-19)23-16-5-4-14(12-17(16)28-2)30(26,27)25-8-10-29-11-9-25/h4-6,12-13,23H,3,7-11,21H2,1-2H3,(H,22,24). The van der Waals surface area contributed by atoms with Crippen LogP contribution < -0.4 is 21.1 Å². The molecule has 1 aromatic carbocycles. The van der Waals surface area contributed by atoms with Crippen molar-refractivity contribution in [2.75, 3.05) is 45.3 Å². The van der Waals surface area contributed by atoms with Gasteiger partial charge in [0.25, 0.3) is 0 Å². The van der Waals surface area contributed by atoms with Crippen LogP contribution in [0.3, 0.4) is 0 Å². The summed E-state index contributed by atoms with van der Waals surface area (Å²) in [6.07, 6.45) is 4.69. The minimum atomic E-state index is -3.61. The van der Waals surface area contributed by atoms with Crippen molar-refractivity contribution in [3.8, 4) is 5.75 Å². The van der Waals surface area contributed by atoms with Crippen LogP contribution in [0.1, 0.15) is 13.3 Å². The van der Waals surface area contributed by atoms with E-state index in [4.69, 9.17) is 15.2 Å². The van der Waals surface area contributed by atoms with Crippen molar-refractivity contribution in [3.05, 3.63) is 41.7 Å². The average Bonchev–Trinajstić information content (AvgIpc) is 3.24. The summed E-state index contributed by atoms with van der Waals surface area (Å²) < 4.78 is 38.0. The Morgan fingerprint density at radius 3 is 2.83 bits per heavy atom. The second-order valence-corrected chi connectivity index (χ2v) is 9.33. The Labute approximate surface area is 176 Å². The number of rotatable bonds is 6. The molecule has 0 spiro atoms. The summed E-state index contributed by atoms with van der Waals surface area (Å²) in [5.41, 5.74) is 7.60. The van der Waals surface area contributed by atoms with E-state index in [1.165, 1.54) is 17.5 Å². The van der Waals surface area contributed by atoms with Gasteiger partial charge in [0.1, 0.15) is 17.4 Å². The third kappa shape index (κ3) is 3.71. The van der Waals surface area contributed by atoms with Crippen LogP contribution in [0.4, 0.5) is 5.69 Å². The number of nitrogens with zero attached hydrogens (tertiary/aromatic N) is 2. The van der Waals surface area contributed by atoms with Gasteiger partial charge in [-0.3, -0.25) is 4.99 Å². The molecule has 3 aliphatic rings. The molecular weight excluding hydrogens is 406 g/mol. The number of morpholine rings is 1. The van der Waals surface area contributed by atoms with Gasteiger partial charge in [0, 0.05) is 24.7 Å². The quantitative estimate of drug-likeness (QED) is 0.613. The van der Waals surface area contributed by atoms with Crippen LogP contribution in [0.2, 0.25) is 0 Å². The number of aliphatic imine (C=N–C) groups is 1. The van der Waals surface area contributed by atoms with E-state index in [-0.39, 0.29) is 4.90 Å². The molecule has 9 nitrogen and oxygen atoms in total. The Hall–Kier alpha value is -2.40. The number of hydrogen-bond acceptors (Lipinski definition) is 8. The highest BCUT2D eigenvalue weighted by Crippen LogP contribution is 2.33. The summed E-state index contributed by atoms with van der Waals surface area (Å²) in [4.78, 5) is 4.64. The van der Waals surface area contributed by atoms with Gasteiger partial charge < -0.3 is 25.8 Å². The summed E-state index contributed by atoms with van der Waals surface area (Å²) >= 11 is 0. The number of sulfonamides is 1. The van der Waals surface area contributed by atoms with Crippen molar-refractivity contribution in [1.29, 1.82) is 0 Å². The Kier molecular flexibility index (Phi) is 5.58. The van der Waals surface area contributed by atoms with Crippen molar-refractivity contribution >= 4 is 21.5 Å². The number of amidine groups is 1. The van der Waals surface area contributed by atoms with Crippen LogP contribution in [-0.2, 0) is 14.8 Å². The van der Waals surface area contributed by atoms with Gasteiger partial charge in [-0.1, -0.05) is 13.0 Å². The zero-order valence-electron chi connectivity index (χ0n) is 17.1. The molecule has 1 atom stereocenters. The third-order valence-electron chi connectivity index (χ3n) is 5.59. The number of benzene rings is 1. The lowest BCUT2D eigenvalue weighted by atomic mass is 9.85. The lowest BCUT2D eigenvalue weighted by Crippen LogP contribution is -2.50. The molecule has 1 aromatic rings. The number of nitrogens with one attached hydrogen (secondary N) is 2. The van der Waals surface area contributed by atoms with E-state index < -0.39 is 15.6 Å². The topological polar surface area (TPSA) is 118 Å². The van der Waals surface area contributed by atoms with Gasteiger partial charge in [0.15, 0.2) is 0 Å². The number of methoxy groups -OCH3 is 1. The Bertz CT molecular complexity index is 1030. The molecule has 4 rings (SSSR count). The molecule has 4 N–H and O–H groups in total. The minimum absolute atomic E-state index is 0.185. The first-order valence-electron chi connectivity index (χ1n) is 9.94. The van der Waals surface area contributed by atoms with E-state index in [9.17, 15) is 8.42 Å². The fourth-order valence-corrected chi connectivity index (χ4v) is 5.23. The molecule has 0 aliphatic carbocycles. The highest BCUT2D eigenvalue weighted by molar-refractivity contribution is 7.89. The molecule has 3 heterocycles. The van der Waals surface area contributed by atoms with Crippen LogP contribution in [0.5, 0.6) is 5.75 Å². The summed E-state index contributed by atoms with van der Waals surface area (Å²) in [5.74, 6) is 1.86. The van der Waals surface area contributed by atoms with Gasteiger partial charge in [0.2, 0.25) is 10.0 Å². The van der Waals surface area contributed by atoms with E-state index in [0.717, 1.165) is 17.8 Å². The molecule has 1 unspecified atom stereocenters. The Morgan fingerprint density at radius 2 is 2.13 bits per heavy atom. The van der Waals surface area contributed by atoms with E-state index >= 15 is 0 Å². The maximum absolute atomic E-state index is 12.9. The predicted octanol–water partition coefficient (Wildman–Crippen LogP) is 1.02. The SMILES string of the molecule is CCC1(N)C=C(Nc2ccc(S(=O)(=O)N3CCOCC3)cc2OC)NC2=NCC=C21. The van der Waals surface area contributed by atoms with E-state index in [0.29, 0.717) is 50.1 Å². The van der Waals surface area contributed by atoms with Gasteiger partial charge >= 0.3 is 0 Å². The fraction of sp³-hybridized carbons (Fsp3) is 0.450. The highest BCUT2D eigenvalue weighted by atomic mass is 32.2. The van der Waals surface area contributed by atoms with Gasteiger partial charge in [0.05, 0.1) is 43.0 Å². The van der Waals surface area contributed by atoms with E-state index in [1.807, 2.05) is 19.1 Å². The van der Waals surface area contributed by atoms with Crippen molar-refractivity contribution in [1.82, 2.24) is 9.62 Å². The van der Waals surface area contributed by atoms with Crippen LogP contribution in [0.15, 0.2) is 51.6 Å². The largest absolute Gasteiger partial charge is 0.495 e. The van der Waals surface area contributed by atoms with Crippen LogP contribution in [0, 0.1) is 0 Å². The lowest BCUT2D eigenvalue weighted by Gasteiger charge is -2.34. The Balaban J connectivity index is 1.61. The molecule has 0 bridgehead atoms. The van der Waals surface area contributed by atoms with Crippen molar-refractivity contribution < 1.29 is 17.9 Å². The first-order valence-corrected chi connectivity index (χ1v) is 11.4. The fourth-order valence-electron chi connectivity index (χ4n) is 3.80. The normalized spacial score (nSPS) is 24.3. The van der Waals surface area contributed by atoms with Gasteiger partial charge in [-0.2, -0.15) is 4.31 Å². The molecule has 3 aliphatic heterocycles. The molecule has 1 fully saturated rings. The molecule has 0 radical (unpaired) electrons. The summed E-state index contributed by atoms with van der Waals surface area (Å²) in [7, 11) is -2.10. The molecule has 0 aromatic heterocycles. The van der Waals surface area contributed by atoms with Crippen LogP contribution in [0.25, 0.3) is 0 Å². The Morgan fingerprint density at radius 1 is 1.37 bits per heavy atom. The summed E-state index contributed by atoms with van der Waals surface area (Å²) in [5, 5.41) is 6.53. The average molecular weight is 434 g/mol. The van der Waals surface area contributed by atoms with Gasteiger partial charge in [-0.25, -0.2) is 8.42 Å². The van der Waals surface area contributed by atoms with Crippen molar-refractivity contribution in [3.63, 3.8) is 0 Å². The predicted molar refractivity (Wildman–Crippen MR) is 115 cm³/mol. The number of ether oxygens (including phenoxy) is 2. The molecule has 10 heteroatoms. The zero-order valence-corrected chi connectivity index (χ0v) is 18.0. The van der Waals surface area contributed by atoms with Crippen molar-refractivity contribution in [2.45, 2.75) is 23.8 Å². The molecule has 0 amide bonds. The third-order valence-corrected chi connectivity index (χ3v) is 7.49. The zero-order chi connectivity index (χ0) is 21.4. The second kappa shape index (κ2) is 8.03. The number of hydrogen-bond donors (Lipinski definition) is 3. The van der Waals surface area contributed by atoms with E-state index in [2.05, 4.69) is 15.6 Å². The molecule has 1 saturated heterocycles. The van der Waals surface area contributed by atoms with Gasteiger partial charge in [-0.05, 0) is 24.6 Å². The summed E-state index contributed by atoms with van der Waals surface area (Å²) in [6.45, 7) is 4.12. The maximum atomic E-state index is 12.9. The maximum Gasteiger partial charge on any atom is 0.243 e. The van der Waals surface area contributed by atoms with Gasteiger partial charge in [-0.15, -0.1) is 0 Å². The van der Waals surface area contributed by atoms with Crippen LogP contribution in [-0.4, -0.2) is 64.1 Å². The summed E-state index contributed by atoms with van der Waals surface area (Å²) in [6, 6.07) is 4.80. The molecule has 0 saturated carbocycles. The lowest BCUT2D eigenvalue weighted by molar-refractivity contribution is 0.0730. The molecule has 30 heavy (non-hydrogen) atoms. The first kappa shape index (κ1) is 20.9.